The zero-order valence-electron chi connectivity index (χ0n) is 16.2. The zero-order valence-corrected chi connectivity index (χ0v) is 16.2. The molecule has 0 unspecified atom stereocenters. The van der Waals surface area contributed by atoms with Gasteiger partial charge in [0, 0.05) is 30.1 Å². The number of rotatable bonds is 5. The molecule has 0 fully saturated rings. The molecule has 6 nitrogen and oxygen atoms in total. The molecule has 9 heteroatoms. The first kappa shape index (κ1) is 21.4. The normalized spacial score (nSPS) is 11.9. The van der Waals surface area contributed by atoms with Crippen LogP contribution in [0.5, 0.6) is 0 Å². The molecule has 0 saturated heterocycles. The van der Waals surface area contributed by atoms with Crippen molar-refractivity contribution in [2.24, 2.45) is 0 Å². The third-order valence-electron chi connectivity index (χ3n) is 4.07. The predicted octanol–water partition coefficient (Wildman–Crippen LogP) is 3.73. The summed E-state index contributed by atoms with van der Waals surface area (Å²) in [6.07, 6.45) is -1.36. The molecule has 2 heterocycles. The topological polar surface area (TPSA) is 88.0 Å². The lowest BCUT2D eigenvalue weighted by Crippen LogP contribution is -2.38. The second-order valence-corrected chi connectivity index (χ2v) is 7.27. The fourth-order valence-corrected chi connectivity index (χ4v) is 2.55. The fourth-order valence-electron chi connectivity index (χ4n) is 2.55. The summed E-state index contributed by atoms with van der Waals surface area (Å²) < 4.78 is 38.6. The number of pyridine rings is 1. The van der Waals surface area contributed by atoms with Crippen molar-refractivity contribution in [3.8, 4) is 22.6 Å². The maximum Gasteiger partial charge on any atom is 0.416 e. The van der Waals surface area contributed by atoms with E-state index >= 15 is 0 Å². The maximum absolute atomic E-state index is 12.9. The van der Waals surface area contributed by atoms with Crippen LogP contribution in [0.3, 0.4) is 0 Å². The Balaban J connectivity index is 2.03. The molecular formula is C21H19F3N4O2. The number of alkyl halides is 3. The zero-order chi connectivity index (χ0) is 21.9. The minimum Gasteiger partial charge on any atom is -0.389 e. The molecule has 0 radical (unpaired) electrons. The fraction of sp³-hybridized carbons (Fsp3) is 0.238. The molecule has 1 aromatic carbocycles. The molecule has 156 valence electrons. The number of carbonyl (C=O) groups is 1. The number of nitrogens with zero attached hydrogens (tertiary/aromatic N) is 3. The smallest absolute Gasteiger partial charge is 0.389 e. The minimum atomic E-state index is -4.45. The number of carbonyl (C=O) groups excluding carboxylic acids is 1. The average Bonchev–Trinajstić information content (AvgIpc) is 2.71. The van der Waals surface area contributed by atoms with Gasteiger partial charge >= 0.3 is 6.18 Å². The average molecular weight is 416 g/mol. The van der Waals surface area contributed by atoms with Gasteiger partial charge in [-0.3, -0.25) is 9.78 Å². The van der Waals surface area contributed by atoms with Gasteiger partial charge in [0.05, 0.1) is 16.9 Å². The van der Waals surface area contributed by atoms with E-state index in [1.54, 1.807) is 32.2 Å². The highest BCUT2D eigenvalue weighted by Crippen LogP contribution is 2.31. The van der Waals surface area contributed by atoms with E-state index < -0.39 is 23.2 Å². The van der Waals surface area contributed by atoms with E-state index in [0.717, 1.165) is 12.1 Å². The van der Waals surface area contributed by atoms with Crippen molar-refractivity contribution in [2.45, 2.75) is 25.6 Å². The van der Waals surface area contributed by atoms with Crippen molar-refractivity contribution in [2.75, 3.05) is 6.54 Å². The van der Waals surface area contributed by atoms with Gasteiger partial charge in [-0.15, -0.1) is 0 Å². The molecule has 1 amide bonds. The highest BCUT2D eigenvalue weighted by Gasteiger charge is 2.30. The van der Waals surface area contributed by atoms with Gasteiger partial charge in [0.25, 0.3) is 5.91 Å². The van der Waals surface area contributed by atoms with Gasteiger partial charge in [-0.25, -0.2) is 9.97 Å². The Morgan fingerprint density at radius 1 is 1.07 bits per heavy atom. The molecule has 2 aromatic heterocycles. The summed E-state index contributed by atoms with van der Waals surface area (Å²) >= 11 is 0. The van der Waals surface area contributed by atoms with Crippen LogP contribution in [-0.4, -0.2) is 38.1 Å². The van der Waals surface area contributed by atoms with Gasteiger partial charge in [0.1, 0.15) is 5.69 Å². The van der Waals surface area contributed by atoms with E-state index in [0.29, 0.717) is 11.1 Å². The largest absolute Gasteiger partial charge is 0.416 e. The van der Waals surface area contributed by atoms with Crippen molar-refractivity contribution < 1.29 is 23.1 Å². The molecule has 0 bridgehead atoms. The molecule has 0 aliphatic rings. The SMILES string of the molecule is CC(C)(O)CNC(=O)c1cc(-c2ccc(C(F)(F)F)cc2)nc(-c2cccnc2)n1. The van der Waals surface area contributed by atoms with Crippen LogP contribution < -0.4 is 5.32 Å². The number of aliphatic hydroxyl groups is 1. The molecule has 3 rings (SSSR count). The van der Waals surface area contributed by atoms with Crippen molar-refractivity contribution in [3.63, 3.8) is 0 Å². The number of amides is 1. The summed E-state index contributed by atoms with van der Waals surface area (Å²) in [5.41, 5.74) is -0.662. The van der Waals surface area contributed by atoms with Crippen LogP contribution in [0.1, 0.15) is 29.9 Å². The van der Waals surface area contributed by atoms with Crippen LogP contribution in [0.4, 0.5) is 13.2 Å². The summed E-state index contributed by atoms with van der Waals surface area (Å²) in [5, 5.41) is 12.4. The molecular weight excluding hydrogens is 397 g/mol. The van der Waals surface area contributed by atoms with Crippen molar-refractivity contribution in [1.29, 1.82) is 0 Å². The Kier molecular flexibility index (Phi) is 5.84. The molecule has 0 atom stereocenters. The van der Waals surface area contributed by atoms with Crippen LogP contribution in [0.25, 0.3) is 22.6 Å². The standard InChI is InChI=1S/C21H19F3N4O2/c1-20(2,30)12-26-19(29)17-10-16(13-5-7-15(8-6-13)21(22,23)24)27-18(28-17)14-4-3-9-25-11-14/h3-11,30H,12H2,1-2H3,(H,26,29). The van der Waals surface area contributed by atoms with Crippen LogP contribution in [-0.2, 0) is 6.18 Å². The van der Waals surface area contributed by atoms with Crippen molar-refractivity contribution in [1.82, 2.24) is 20.3 Å². The van der Waals surface area contributed by atoms with Crippen LogP contribution in [0.15, 0.2) is 54.9 Å². The van der Waals surface area contributed by atoms with E-state index in [4.69, 9.17) is 0 Å². The van der Waals surface area contributed by atoms with Crippen LogP contribution >= 0.6 is 0 Å². The van der Waals surface area contributed by atoms with Crippen molar-refractivity contribution >= 4 is 5.91 Å². The third-order valence-corrected chi connectivity index (χ3v) is 4.07. The van der Waals surface area contributed by atoms with E-state index in [9.17, 15) is 23.1 Å². The van der Waals surface area contributed by atoms with Gasteiger partial charge in [-0.2, -0.15) is 13.2 Å². The summed E-state index contributed by atoms with van der Waals surface area (Å²) in [4.78, 5) is 25.2. The Morgan fingerprint density at radius 2 is 1.77 bits per heavy atom. The molecule has 0 aliphatic heterocycles. The number of hydrogen-bond acceptors (Lipinski definition) is 5. The Labute approximate surface area is 170 Å². The summed E-state index contributed by atoms with van der Waals surface area (Å²) in [6.45, 7) is 3.08. The predicted molar refractivity (Wildman–Crippen MR) is 104 cm³/mol. The van der Waals surface area contributed by atoms with Gasteiger partial charge < -0.3 is 10.4 Å². The second-order valence-electron chi connectivity index (χ2n) is 7.27. The van der Waals surface area contributed by atoms with Crippen LogP contribution in [0.2, 0.25) is 0 Å². The molecule has 0 aliphatic carbocycles. The van der Waals surface area contributed by atoms with E-state index in [-0.39, 0.29) is 23.8 Å². The van der Waals surface area contributed by atoms with Crippen molar-refractivity contribution in [3.05, 3.63) is 66.1 Å². The van der Waals surface area contributed by atoms with Gasteiger partial charge in [0.15, 0.2) is 5.82 Å². The lowest BCUT2D eigenvalue weighted by molar-refractivity contribution is -0.137. The maximum atomic E-state index is 12.9. The highest BCUT2D eigenvalue weighted by molar-refractivity contribution is 5.93. The minimum absolute atomic E-state index is 0.00627. The summed E-state index contributed by atoms with van der Waals surface area (Å²) in [5.74, 6) is -0.341. The summed E-state index contributed by atoms with van der Waals surface area (Å²) in [6, 6.07) is 9.26. The van der Waals surface area contributed by atoms with Gasteiger partial charge in [0.2, 0.25) is 0 Å². The summed E-state index contributed by atoms with van der Waals surface area (Å²) in [7, 11) is 0. The molecule has 0 spiro atoms. The van der Waals surface area contributed by atoms with E-state index in [1.807, 2.05) is 0 Å². The number of aromatic nitrogens is 3. The van der Waals surface area contributed by atoms with E-state index in [1.165, 1.54) is 24.4 Å². The van der Waals surface area contributed by atoms with Crippen LogP contribution in [0, 0.1) is 0 Å². The lowest BCUT2D eigenvalue weighted by atomic mass is 10.1. The molecule has 2 N–H and O–H groups in total. The molecule has 0 saturated carbocycles. The Bertz CT molecular complexity index is 1030. The van der Waals surface area contributed by atoms with Gasteiger partial charge in [-0.1, -0.05) is 12.1 Å². The molecule has 30 heavy (non-hydrogen) atoms. The quantitative estimate of drug-likeness (QED) is 0.662. The second kappa shape index (κ2) is 8.19. The first-order chi connectivity index (χ1) is 14.0. The number of halogens is 3. The Hall–Kier alpha value is -3.33. The first-order valence-corrected chi connectivity index (χ1v) is 9.01. The number of nitrogens with one attached hydrogen (secondary N) is 1. The first-order valence-electron chi connectivity index (χ1n) is 9.01. The lowest BCUT2D eigenvalue weighted by Gasteiger charge is -2.17. The third kappa shape index (κ3) is 5.38. The highest BCUT2D eigenvalue weighted by atomic mass is 19.4. The number of hydrogen-bond donors (Lipinski definition) is 2. The number of benzene rings is 1. The van der Waals surface area contributed by atoms with Gasteiger partial charge in [-0.05, 0) is 44.2 Å². The monoisotopic (exact) mass is 416 g/mol. The van der Waals surface area contributed by atoms with E-state index in [2.05, 4.69) is 20.3 Å². The molecule has 3 aromatic rings. The Morgan fingerprint density at radius 3 is 2.33 bits per heavy atom.